The molecule has 0 aliphatic heterocycles. The lowest BCUT2D eigenvalue weighted by molar-refractivity contribution is -0.146. The van der Waals surface area contributed by atoms with Crippen molar-refractivity contribution >= 4 is 17.5 Å². The molecular formula is C24H20O6. The van der Waals surface area contributed by atoms with Crippen LogP contribution in [0.4, 0.5) is 0 Å². The number of aliphatic carboxylic acids is 1. The van der Waals surface area contributed by atoms with Crippen LogP contribution in [0.25, 0.3) is 5.76 Å². The molecule has 3 rings (SSSR count). The molecule has 3 aromatic rings. The smallest absolute Gasteiger partial charge is 0.376 e. The molecule has 0 spiro atoms. The number of ketones is 1. The first-order valence-corrected chi connectivity index (χ1v) is 9.18. The van der Waals surface area contributed by atoms with Gasteiger partial charge in [0.25, 0.3) is 5.78 Å². The van der Waals surface area contributed by atoms with Crippen LogP contribution in [0.1, 0.15) is 16.7 Å². The van der Waals surface area contributed by atoms with Gasteiger partial charge in [-0.25, -0.2) is 4.79 Å². The Labute approximate surface area is 173 Å². The molecule has 0 fully saturated rings. The molecule has 6 heteroatoms. The molecule has 30 heavy (non-hydrogen) atoms. The maximum Gasteiger partial charge on any atom is 0.376 e. The van der Waals surface area contributed by atoms with Crippen molar-refractivity contribution in [3.05, 3.63) is 102 Å². The average molecular weight is 404 g/mol. The summed E-state index contributed by atoms with van der Waals surface area (Å²) in [6.45, 7) is 0.585. The fourth-order valence-electron chi connectivity index (χ4n) is 2.64. The predicted molar refractivity (Wildman–Crippen MR) is 111 cm³/mol. The summed E-state index contributed by atoms with van der Waals surface area (Å²) < 4.78 is 11.6. The number of hydrogen-bond acceptors (Lipinski definition) is 5. The lowest BCUT2D eigenvalue weighted by Crippen LogP contribution is -2.09. The fraction of sp³-hybridized carbons (Fsp3) is 0.0833. The van der Waals surface area contributed by atoms with Crippen molar-refractivity contribution < 1.29 is 29.3 Å². The van der Waals surface area contributed by atoms with E-state index in [1.54, 1.807) is 6.07 Å². The minimum Gasteiger partial charge on any atom is -0.507 e. The summed E-state index contributed by atoms with van der Waals surface area (Å²) >= 11 is 0. The quantitative estimate of drug-likeness (QED) is 0.312. The zero-order chi connectivity index (χ0) is 21.3. The summed E-state index contributed by atoms with van der Waals surface area (Å²) in [5.74, 6) is -2.56. The van der Waals surface area contributed by atoms with Crippen LogP contribution >= 0.6 is 0 Å². The van der Waals surface area contributed by atoms with Gasteiger partial charge in [-0.1, -0.05) is 60.7 Å². The lowest BCUT2D eigenvalue weighted by atomic mass is 10.1. The number of carboxylic acids is 1. The average Bonchev–Trinajstić information content (AvgIpc) is 2.77. The van der Waals surface area contributed by atoms with E-state index in [9.17, 15) is 14.7 Å². The highest BCUT2D eigenvalue weighted by Gasteiger charge is 2.13. The van der Waals surface area contributed by atoms with Crippen molar-refractivity contribution in [2.24, 2.45) is 0 Å². The Balaban J connectivity index is 1.84. The van der Waals surface area contributed by atoms with Crippen molar-refractivity contribution in [2.45, 2.75) is 13.2 Å². The fourth-order valence-corrected chi connectivity index (χ4v) is 2.64. The maximum atomic E-state index is 11.4. The Kier molecular flexibility index (Phi) is 6.84. The standard InChI is InChI=1S/C24H20O6/c25-22(14-23(26)24(27)28)19-11-20(29-15-17-7-3-1-4-8-17)13-21(12-19)30-16-18-9-5-2-6-10-18/h1-14,25H,15-16H2,(H,27,28)/b22-14-. The number of ether oxygens (including phenoxy) is 2. The molecule has 0 aromatic heterocycles. The minimum absolute atomic E-state index is 0.207. The normalized spacial score (nSPS) is 11.0. The summed E-state index contributed by atoms with van der Waals surface area (Å²) in [4.78, 5) is 22.2. The van der Waals surface area contributed by atoms with E-state index in [1.165, 1.54) is 12.1 Å². The van der Waals surface area contributed by atoms with E-state index in [0.29, 0.717) is 30.8 Å². The second kappa shape index (κ2) is 9.93. The van der Waals surface area contributed by atoms with Crippen LogP contribution in [0, 0.1) is 0 Å². The van der Waals surface area contributed by atoms with Crippen molar-refractivity contribution in [3.63, 3.8) is 0 Å². The molecule has 0 atom stereocenters. The van der Waals surface area contributed by atoms with Crippen molar-refractivity contribution in [3.8, 4) is 11.5 Å². The van der Waals surface area contributed by atoms with Gasteiger partial charge >= 0.3 is 5.97 Å². The molecular weight excluding hydrogens is 384 g/mol. The van der Waals surface area contributed by atoms with E-state index < -0.39 is 17.5 Å². The predicted octanol–water partition coefficient (Wildman–Crippen LogP) is 4.40. The van der Waals surface area contributed by atoms with E-state index in [1.807, 2.05) is 60.7 Å². The highest BCUT2D eigenvalue weighted by Crippen LogP contribution is 2.28. The number of carbonyl (C=O) groups excluding carboxylic acids is 1. The third-order valence-electron chi connectivity index (χ3n) is 4.15. The third kappa shape index (κ3) is 5.97. The summed E-state index contributed by atoms with van der Waals surface area (Å²) in [5.41, 5.74) is 2.11. The Bertz CT molecular complexity index is 980. The minimum atomic E-state index is -1.65. The Morgan fingerprint density at radius 1 is 0.733 bits per heavy atom. The van der Waals surface area contributed by atoms with Gasteiger partial charge in [0.05, 0.1) is 0 Å². The number of aliphatic hydroxyl groups excluding tert-OH is 1. The van der Waals surface area contributed by atoms with Crippen LogP contribution in [0.3, 0.4) is 0 Å². The Morgan fingerprint density at radius 2 is 1.20 bits per heavy atom. The molecule has 0 unspecified atom stereocenters. The first kappa shape index (κ1) is 20.7. The first-order chi connectivity index (χ1) is 14.5. The number of benzene rings is 3. The molecule has 0 aliphatic carbocycles. The number of hydrogen-bond donors (Lipinski definition) is 2. The number of carbonyl (C=O) groups is 2. The van der Waals surface area contributed by atoms with Gasteiger partial charge in [0.2, 0.25) is 0 Å². The molecule has 0 bridgehead atoms. The van der Waals surface area contributed by atoms with E-state index in [2.05, 4.69) is 0 Å². The third-order valence-corrected chi connectivity index (χ3v) is 4.15. The molecule has 6 nitrogen and oxygen atoms in total. The van der Waals surface area contributed by atoms with Gasteiger partial charge in [-0.15, -0.1) is 0 Å². The van der Waals surface area contributed by atoms with Gasteiger partial charge in [-0.3, -0.25) is 4.79 Å². The van der Waals surface area contributed by atoms with Crippen LogP contribution in [-0.4, -0.2) is 22.0 Å². The van der Waals surface area contributed by atoms with E-state index in [4.69, 9.17) is 14.6 Å². The molecule has 3 aromatic carbocycles. The molecule has 2 N–H and O–H groups in total. The maximum absolute atomic E-state index is 11.4. The van der Waals surface area contributed by atoms with Crippen LogP contribution < -0.4 is 9.47 Å². The molecule has 0 saturated heterocycles. The highest BCUT2D eigenvalue weighted by molar-refractivity contribution is 6.38. The lowest BCUT2D eigenvalue weighted by Gasteiger charge is -2.12. The second-order valence-corrected chi connectivity index (χ2v) is 6.44. The van der Waals surface area contributed by atoms with Crippen molar-refractivity contribution in [2.75, 3.05) is 0 Å². The van der Waals surface area contributed by atoms with Crippen LogP contribution in [0.15, 0.2) is 84.9 Å². The Hall–Kier alpha value is -4.06. The first-order valence-electron chi connectivity index (χ1n) is 9.18. The zero-order valence-electron chi connectivity index (χ0n) is 16.0. The van der Waals surface area contributed by atoms with Gasteiger partial charge in [0.15, 0.2) is 0 Å². The van der Waals surface area contributed by atoms with Crippen LogP contribution in [0.5, 0.6) is 11.5 Å². The molecule has 0 amide bonds. The molecule has 0 heterocycles. The monoisotopic (exact) mass is 404 g/mol. The van der Waals surface area contributed by atoms with Gasteiger partial charge in [0.1, 0.15) is 30.5 Å². The summed E-state index contributed by atoms with van der Waals surface area (Å²) in [7, 11) is 0. The SMILES string of the molecule is O=C(O)C(=O)/C=C(\O)c1cc(OCc2ccccc2)cc(OCc2ccccc2)c1. The highest BCUT2D eigenvalue weighted by atomic mass is 16.5. The van der Waals surface area contributed by atoms with Gasteiger partial charge < -0.3 is 19.7 Å². The van der Waals surface area contributed by atoms with E-state index in [0.717, 1.165) is 11.1 Å². The molecule has 0 radical (unpaired) electrons. The van der Waals surface area contributed by atoms with E-state index >= 15 is 0 Å². The van der Waals surface area contributed by atoms with Crippen molar-refractivity contribution in [1.29, 1.82) is 0 Å². The largest absolute Gasteiger partial charge is 0.507 e. The Morgan fingerprint density at radius 3 is 1.63 bits per heavy atom. The molecule has 0 aliphatic rings. The second-order valence-electron chi connectivity index (χ2n) is 6.44. The number of rotatable bonds is 9. The van der Waals surface area contributed by atoms with Gasteiger partial charge in [-0.05, 0) is 23.3 Å². The molecule has 0 saturated carbocycles. The summed E-state index contributed by atoms with van der Waals surface area (Å²) in [5, 5.41) is 19.0. The summed E-state index contributed by atoms with van der Waals surface area (Å²) in [6, 6.07) is 23.8. The van der Waals surface area contributed by atoms with Crippen LogP contribution in [-0.2, 0) is 22.8 Å². The number of aliphatic hydroxyl groups is 1. The van der Waals surface area contributed by atoms with Crippen LogP contribution in [0.2, 0.25) is 0 Å². The van der Waals surface area contributed by atoms with Crippen molar-refractivity contribution in [1.82, 2.24) is 0 Å². The van der Waals surface area contributed by atoms with Gasteiger partial charge in [0, 0.05) is 17.7 Å². The molecule has 152 valence electrons. The van der Waals surface area contributed by atoms with E-state index in [-0.39, 0.29) is 5.56 Å². The summed E-state index contributed by atoms with van der Waals surface area (Å²) in [6.07, 6.45) is 0.652. The van der Waals surface area contributed by atoms with Gasteiger partial charge in [-0.2, -0.15) is 0 Å². The topological polar surface area (TPSA) is 93.1 Å². The zero-order valence-corrected chi connectivity index (χ0v) is 16.0. The number of carboxylic acid groups (broad SMARTS) is 1.